The summed E-state index contributed by atoms with van der Waals surface area (Å²) in [5.41, 5.74) is 0. The van der Waals surface area contributed by atoms with E-state index in [4.69, 9.17) is 0 Å². The number of carbonyl (C=O) groups excluding carboxylic acids is 2. The van der Waals surface area contributed by atoms with Gasteiger partial charge >= 0.3 is 6.09 Å². The van der Waals surface area contributed by atoms with Crippen LogP contribution in [0.1, 0.15) is 0 Å². The van der Waals surface area contributed by atoms with Crippen molar-refractivity contribution in [1.29, 1.82) is 0 Å². The fourth-order valence-electron chi connectivity index (χ4n) is 1.66. The number of piperazine rings is 1. The zero-order chi connectivity index (χ0) is 13.5. The Morgan fingerprint density at radius 3 is 2.44 bits per heavy atom. The molecule has 0 bridgehead atoms. The Labute approximate surface area is 106 Å². The number of alkyl halides is 1. The Hall–Kier alpha value is -1.37. The van der Waals surface area contributed by atoms with Crippen molar-refractivity contribution in [2.24, 2.45) is 0 Å². The lowest BCUT2D eigenvalue weighted by Gasteiger charge is -2.33. The van der Waals surface area contributed by atoms with Crippen LogP contribution in [-0.4, -0.2) is 86.8 Å². The number of rotatable bonds is 4. The van der Waals surface area contributed by atoms with Crippen LogP contribution >= 0.6 is 0 Å². The van der Waals surface area contributed by atoms with Gasteiger partial charge in [-0.05, 0) is 7.05 Å². The highest BCUT2D eigenvalue weighted by Crippen LogP contribution is 2.01. The van der Waals surface area contributed by atoms with E-state index in [2.05, 4.69) is 9.64 Å². The third kappa shape index (κ3) is 4.48. The SMILES string of the molecule is CN1CCN(C(=O)CN(C)C(=O)OCCF)CC1. The third-order valence-corrected chi connectivity index (χ3v) is 2.84. The molecule has 0 aromatic heterocycles. The molecule has 1 aliphatic rings. The monoisotopic (exact) mass is 261 g/mol. The molecule has 0 aromatic rings. The maximum Gasteiger partial charge on any atom is 0.410 e. The number of nitrogens with zero attached hydrogens (tertiary/aromatic N) is 3. The maximum atomic E-state index is 11.9. The second kappa shape index (κ2) is 7.15. The topological polar surface area (TPSA) is 53.1 Å². The highest BCUT2D eigenvalue weighted by Gasteiger charge is 2.22. The van der Waals surface area contributed by atoms with Crippen molar-refractivity contribution in [2.45, 2.75) is 0 Å². The van der Waals surface area contributed by atoms with Crippen LogP contribution in [-0.2, 0) is 9.53 Å². The molecule has 0 atom stereocenters. The van der Waals surface area contributed by atoms with Crippen molar-refractivity contribution in [1.82, 2.24) is 14.7 Å². The number of halogens is 1. The van der Waals surface area contributed by atoms with Crippen molar-refractivity contribution < 1.29 is 18.7 Å². The van der Waals surface area contributed by atoms with Crippen LogP contribution in [0, 0.1) is 0 Å². The van der Waals surface area contributed by atoms with Gasteiger partial charge in [-0.25, -0.2) is 9.18 Å². The molecule has 0 unspecified atom stereocenters. The van der Waals surface area contributed by atoms with E-state index in [0.717, 1.165) is 18.0 Å². The lowest BCUT2D eigenvalue weighted by molar-refractivity contribution is -0.133. The summed E-state index contributed by atoms with van der Waals surface area (Å²) >= 11 is 0. The molecule has 1 aliphatic heterocycles. The Bertz CT molecular complexity index is 293. The molecule has 0 radical (unpaired) electrons. The van der Waals surface area contributed by atoms with Gasteiger partial charge in [-0.15, -0.1) is 0 Å². The van der Waals surface area contributed by atoms with Crippen LogP contribution in [0.2, 0.25) is 0 Å². The molecule has 104 valence electrons. The van der Waals surface area contributed by atoms with Gasteiger partial charge in [-0.3, -0.25) is 4.79 Å². The molecule has 1 heterocycles. The highest BCUT2D eigenvalue weighted by molar-refractivity contribution is 5.82. The van der Waals surface area contributed by atoms with E-state index < -0.39 is 12.8 Å². The first kappa shape index (κ1) is 14.7. The second-order valence-corrected chi connectivity index (χ2v) is 4.34. The summed E-state index contributed by atoms with van der Waals surface area (Å²) in [5.74, 6) is -0.109. The van der Waals surface area contributed by atoms with Gasteiger partial charge in [0.1, 0.15) is 19.8 Å². The van der Waals surface area contributed by atoms with E-state index in [1.54, 1.807) is 4.90 Å². The van der Waals surface area contributed by atoms with E-state index >= 15 is 0 Å². The number of likely N-dealkylation sites (N-methyl/N-ethyl adjacent to an activating group) is 2. The van der Waals surface area contributed by atoms with Crippen LogP contribution < -0.4 is 0 Å². The number of hydrogen-bond acceptors (Lipinski definition) is 4. The van der Waals surface area contributed by atoms with Gasteiger partial charge in [0.05, 0.1) is 0 Å². The van der Waals surface area contributed by atoms with Crippen molar-refractivity contribution in [3.63, 3.8) is 0 Å². The van der Waals surface area contributed by atoms with E-state index in [9.17, 15) is 14.0 Å². The molecule has 18 heavy (non-hydrogen) atoms. The predicted molar refractivity (Wildman–Crippen MR) is 64.0 cm³/mol. The molecule has 7 heteroatoms. The van der Waals surface area contributed by atoms with E-state index in [0.29, 0.717) is 13.1 Å². The van der Waals surface area contributed by atoms with Crippen LogP contribution in [0.4, 0.5) is 9.18 Å². The molecule has 6 nitrogen and oxygen atoms in total. The summed E-state index contributed by atoms with van der Waals surface area (Å²) < 4.78 is 16.4. The maximum absolute atomic E-state index is 11.9. The summed E-state index contributed by atoms with van der Waals surface area (Å²) in [7, 11) is 3.47. The first-order chi connectivity index (χ1) is 8.54. The van der Waals surface area contributed by atoms with Crippen molar-refractivity contribution in [3.05, 3.63) is 0 Å². The molecule has 0 aromatic carbocycles. The van der Waals surface area contributed by atoms with Crippen molar-refractivity contribution >= 4 is 12.0 Å². The fraction of sp³-hybridized carbons (Fsp3) is 0.818. The average Bonchev–Trinajstić information content (AvgIpc) is 2.36. The van der Waals surface area contributed by atoms with E-state index in [-0.39, 0.29) is 19.1 Å². The van der Waals surface area contributed by atoms with Gasteiger partial charge in [0.15, 0.2) is 0 Å². The zero-order valence-corrected chi connectivity index (χ0v) is 10.9. The molecule has 0 N–H and O–H groups in total. The van der Waals surface area contributed by atoms with Crippen LogP contribution in [0.5, 0.6) is 0 Å². The molecule has 1 saturated heterocycles. The smallest absolute Gasteiger partial charge is 0.410 e. The molecule has 2 amide bonds. The van der Waals surface area contributed by atoms with Crippen LogP contribution in [0.25, 0.3) is 0 Å². The normalized spacial score (nSPS) is 16.5. The van der Waals surface area contributed by atoms with Gasteiger partial charge < -0.3 is 19.4 Å². The standard InChI is InChI=1S/C11H20FN3O3/c1-13-4-6-15(7-5-13)10(16)9-14(2)11(17)18-8-3-12/h3-9H2,1-2H3. The Morgan fingerprint density at radius 1 is 1.28 bits per heavy atom. The molecule has 0 aliphatic carbocycles. The molecule has 0 saturated carbocycles. The summed E-state index contributed by atoms with van der Waals surface area (Å²) in [6.45, 7) is 1.99. The fourth-order valence-corrected chi connectivity index (χ4v) is 1.66. The van der Waals surface area contributed by atoms with E-state index in [1.165, 1.54) is 7.05 Å². The number of hydrogen-bond donors (Lipinski definition) is 0. The average molecular weight is 261 g/mol. The molecule has 0 spiro atoms. The predicted octanol–water partition coefficient (Wildman–Crippen LogP) is -0.202. The number of carbonyl (C=O) groups is 2. The summed E-state index contributed by atoms with van der Waals surface area (Å²) in [5, 5.41) is 0. The minimum Gasteiger partial charge on any atom is -0.447 e. The van der Waals surface area contributed by atoms with Crippen LogP contribution in [0.15, 0.2) is 0 Å². The number of amides is 2. The molecule has 1 fully saturated rings. The summed E-state index contributed by atoms with van der Waals surface area (Å²) in [4.78, 5) is 28.2. The first-order valence-electron chi connectivity index (χ1n) is 5.94. The Kier molecular flexibility index (Phi) is 5.84. The third-order valence-electron chi connectivity index (χ3n) is 2.84. The quantitative estimate of drug-likeness (QED) is 0.703. The molecular weight excluding hydrogens is 241 g/mol. The zero-order valence-electron chi connectivity index (χ0n) is 10.9. The van der Waals surface area contributed by atoms with E-state index in [1.807, 2.05) is 7.05 Å². The lowest BCUT2D eigenvalue weighted by atomic mass is 10.3. The molecule has 1 rings (SSSR count). The van der Waals surface area contributed by atoms with Gasteiger partial charge in [-0.2, -0.15) is 0 Å². The van der Waals surface area contributed by atoms with Gasteiger partial charge in [-0.1, -0.05) is 0 Å². The molecular formula is C11H20FN3O3. The minimum absolute atomic E-state index is 0.0329. The largest absolute Gasteiger partial charge is 0.447 e. The minimum atomic E-state index is -0.716. The Morgan fingerprint density at radius 2 is 1.89 bits per heavy atom. The van der Waals surface area contributed by atoms with Crippen molar-refractivity contribution in [3.8, 4) is 0 Å². The number of ether oxygens (including phenoxy) is 1. The second-order valence-electron chi connectivity index (χ2n) is 4.34. The first-order valence-corrected chi connectivity index (χ1v) is 5.94. The van der Waals surface area contributed by atoms with Gasteiger partial charge in [0.2, 0.25) is 5.91 Å². The van der Waals surface area contributed by atoms with Crippen molar-refractivity contribution in [2.75, 3.05) is 60.1 Å². The lowest BCUT2D eigenvalue weighted by Crippen LogP contribution is -2.50. The van der Waals surface area contributed by atoms with Gasteiger partial charge in [0.25, 0.3) is 0 Å². The summed E-state index contributed by atoms with van der Waals surface area (Å²) in [6.07, 6.45) is -0.671. The van der Waals surface area contributed by atoms with Gasteiger partial charge in [0, 0.05) is 33.2 Å². The summed E-state index contributed by atoms with van der Waals surface area (Å²) in [6, 6.07) is 0. The van der Waals surface area contributed by atoms with Crippen LogP contribution in [0.3, 0.4) is 0 Å². The highest BCUT2D eigenvalue weighted by atomic mass is 19.1. The Balaban J connectivity index is 2.32.